The molecule has 0 unspecified atom stereocenters. The first-order chi connectivity index (χ1) is 30.3. The summed E-state index contributed by atoms with van der Waals surface area (Å²) in [5.41, 5.74) is 10.2. The molecule has 13 rings (SSSR count). The Morgan fingerprint density at radius 2 is 0.574 bits per heavy atom. The Bertz CT molecular complexity index is 3820. The maximum atomic E-state index is 2.45. The number of fused-ring (bicyclic) bond motifs is 9. The van der Waals surface area contributed by atoms with Gasteiger partial charge in [0.2, 0.25) is 0 Å². The largest absolute Gasteiger partial charge is 0.135 e. The SMILES string of the molecule is c1ccc2c(-c3c4ccccc4c(-c4ccc5c(c4)sc4ccc(-c6c7ccccc7c(-c7cccc8ccccc78)c7ccccc67)cc45)c4ccccc34)cccc2c1. The van der Waals surface area contributed by atoms with Gasteiger partial charge in [0.1, 0.15) is 0 Å². The summed E-state index contributed by atoms with van der Waals surface area (Å²) in [6.07, 6.45) is 0. The summed E-state index contributed by atoms with van der Waals surface area (Å²) in [5.74, 6) is 0. The molecule has 1 heteroatoms. The molecule has 0 spiro atoms. The monoisotopic (exact) mass is 788 g/mol. The third-order valence-corrected chi connectivity index (χ3v) is 14.2. The molecule has 0 N–H and O–H groups in total. The molecule has 0 saturated carbocycles. The van der Waals surface area contributed by atoms with Gasteiger partial charge in [0, 0.05) is 20.2 Å². The molecule has 13 aromatic rings. The van der Waals surface area contributed by atoms with Crippen LogP contribution in [0.2, 0.25) is 0 Å². The lowest BCUT2D eigenvalue weighted by Crippen LogP contribution is -1.91. The number of hydrogen-bond acceptors (Lipinski definition) is 1. The number of hydrogen-bond donors (Lipinski definition) is 0. The second-order valence-corrected chi connectivity index (χ2v) is 17.3. The van der Waals surface area contributed by atoms with Crippen LogP contribution in [-0.2, 0) is 0 Å². The maximum absolute atomic E-state index is 2.45. The summed E-state index contributed by atoms with van der Waals surface area (Å²) >= 11 is 1.89. The molecule has 1 heterocycles. The van der Waals surface area contributed by atoms with E-state index in [-0.39, 0.29) is 0 Å². The van der Waals surface area contributed by atoms with Crippen LogP contribution in [0.1, 0.15) is 0 Å². The van der Waals surface area contributed by atoms with E-state index < -0.39 is 0 Å². The minimum Gasteiger partial charge on any atom is -0.135 e. The number of rotatable bonds is 4. The van der Waals surface area contributed by atoms with Crippen molar-refractivity contribution in [1.82, 2.24) is 0 Å². The second-order valence-electron chi connectivity index (χ2n) is 16.3. The predicted molar refractivity (Wildman–Crippen MR) is 266 cm³/mol. The smallest absolute Gasteiger partial charge is 0.0361 e. The summed E-state index contributed by atoms with van der Waals surface area (Å²) in [6.45, 7) is 0. The Balaban J connectivity index is 1.01. The van der Waals surface area contributed by atoms with E-state index >= 15 is 0 Å². The molecule has 0 radical (unpaired) electrons. The molecular weight excluding hydrogens is 753 g/mol. The van der Waals surface area contributed by atoms with Crippen molar-refractivity contribution in [3.05, 3.63) is 218 Å². The molecule has 12 aromatic carbocycles. The zero-order valence-electron chi connectivity index (χ0n) is 33.2. The molecular formula is C60H36S. The zero-order valence-corrected chi connectivity index (χ0v) is 34.0. The van der Waals surface area contributed by atoms with Crippen LogP contribution in [0.25, 0.3) is 129 Å². The van der Waals surface area contributed by atoms with E-state index in [4.69, 9.17) is 0 Å². The van der Waals surface area contributed by atoms with E-state index in [1.54, 1.807) is 0 Å². The van der Waals surface area contributed by atoms with Crippen LogP contribution in [0.5, 0.6) is 0 Å². The Morgan fingerprint density at radius 3 is 1.03 bits per heavy atom. The summed E-state index contributed by atoms with van der Waals surface area (Å²) in [6, 6.07) is 81.2. The van der Waals surface area contributed by atoms with Gasteiger partial charge in [0.25, 0.3) is 0 Å². The molecule has 282 valence electrons. The molecule has 0 fully saturated rings. The van der Waals surface area contributed by atoms with Crippen molar-refractivity contribution in [2.24, 2.45) is 0 Å². The minimum atomic E-state index is 1.24. The van der Waals surface area contributed by atoms with E-state index in [0.717, 1.165) is 0 Å². The highest BCUT2D eigenvalue weighted by atomic mass is 32.1. The Morgan fingerprint density at radius 1 is 0.213 bits per heavy atom. The number of benzene rings is 12. The van der Waals surface area contributed by atoms with Crippen LogP contribution in [0.3, 0.4) is 0 Å². The quantitative estimate of drug-likeness (QED) is 0.156. The van der Waals surface area contributed by atoms with Gasteiger partial charge in [0.15, 0.2) is 0 Å². The molecule has 0 aliphatic heterocycles. The fraction of sp³-hybridized carbons (Fsp3) is 0. The van der Waals surface area contributed by atoms with Gasteiger partial charge in [-0.25, -0.2) is 0 Å². The van der Waals surface area contributed by atoms with Crippen LogP contribution in [0.4, 0.5) is 0 Å². The lowest BCUT2D eigenvalue weighted by molar-refractivity contribution is 1.69. The van der Waals surface area contributed by atoms with Crippen LogP contribution in [-0.4, -0.2) is 0 Å². The van der Waals surface area contributed by atoms with Gasteiger partial charge in [-0.05, 0) is 127 Å². The minimum absolute atomic E-state index is 1.24. The normalized spacial score (nSPS) is 11.9. The lowest BCUT2D eigenvalue weighted by atomic mass is 9.84. The van der Waals surface area contributed by atoms with Gasteiger partial charge < -0.3 is 0 Å². The molecule has 0 bridgehead atoms. The van der Waals surface area contributed by atoms with Gasteiger partial charge in [0.05, 0.1) is 0 Å². The van der Waals surface area contributed by atoms with Crippen molar-refractivity contribution in [3.8, 4) is 44.5 Å². The summed E-state index contributed by atoms with van der Waals surface area (Å²) in [7, 11) is 0. The molecule has 0 atom stereocenters. The summed E-state index contributed by atoms with van der Waals surface area (Å²) in [5, 5.41) is 17.9. The van der Waals surface area contributed by atoms with Crippen molar-refractivity contribution >= 4 is 96.1 Å². The fourth-order valence-electron chi connectivity index (χ4n) is 10.4. The first-order valence-corrected chi connectivity index (χ1v) is 21.9. The second kappa shape index (κ2) is 13.5. The summed E-state index contributed by atoms with van der Waals surface area (Å²) < 4.78 is 2.61. The molecule has 0 aliphatic rings. The highest BCUT2D eigenvalue weighted by Gasteiger charge is 2.21. The Kier molecular flexibility index (Phi) is 7.58. The van der Waals surface area contributed by atoms with Crippen molar-refractivity contribution in [1.29, 1.82) is 0 Å². The van der Waals surface area contributed by atoms with Crippen molar-refractivity contribution < 1.29 is 0 Å². The Labute approximate surface area is 357 Å². The first kappa shape index (κ1) is 34.3. The van der Waals surface area contributed by atoms with E-state index in [2.05, 4.69) is 218 Å². The summed E-state index contributed by atoms with van der Waals surface area (Å²) in [4.78, 5) is 0. The van der Waals surface area contributed by atoms with Gasteiger partial charge in [-0.15, -0.1) is 11.3 Å². The molecule has 0 nitrogen and oxygen atoms in total. The van der Waals surface area contributed by atoms with Crippen LogP contribution >= 0.6 is 11.3 Å². The standard InChI is InChI=1S/C60H36S/c1-3-19-41-37(15-1)17-13-29-44(41)59-50-25-9-5-21-46(50)57(47-22-6-10-26-51(47)59)39-32-34-55-54(35-39)43-33-31-40(36-56(43)61-55)58-48-23-7-11-27-52(48)60(53-28-12-8-24-49(53)58)45-30-14-18-38-16-2-4-20-42(38)45/h1-36H. The maximum Gasteiger partial charge on any atom is 0.0361 e. The topological polar surface area (TPSA) is 0 Å². The average molecular weight is 789 g/mol. The van der Waals surface area contributed by atoms with Crippen molar-refractivity contribution in [2.75, 3.05) is 0 Å². The van der Waals surface area contributed by atoms with Gasteiger partial charge in [-0.3, -0.25) is 0 Å². The van der Waals surface area contributed by atoms with E-state index in [1.807, 2.05) is 11.3 Å². The highest BCUT2D eigenvalue weighted by molar-refractivity contribution is 7.25. The van der Waals surface area contributed by atoms with Crippen LogP contribution in [0, 0.1) is 0 Å². The molecule has 0 aliphatic carbocycles. The molecule has 0 saturated heterocycles. The van der Waals surface area contributed by atoms with Gasteiger partial charge >= 0.3 is 0 Å². The van der Waals surface area contributed by atoms with Gasteiger partial charge in [-0.2, -0.15) is 0 Å². The fourth-order valence-corrected chi connectivity index (χ4v) is 11.6. The third-order valence-electron chi connectivity index (χ3n) is 13.0. The van der Waals surface area contributed by atoms with Crippen molar-refractivity contribution in [2.45, 2.75) is 0 Å². The van der Waals surface area contributed by atoms with Gasteiger partial charge in [-0.1, -0.05) is 200 Å². The molecule has 1 aromatic heterocycles. The number of thiophene rings is 1. The lowest BCUT2D eigenvalue weighted by Gasteiger charge is -2.19. The van der Waals surface area contributed by atoms with E-state index in [0.29, 0.717) is 0 Å². The predicted octanol–water partition coefficient (Wildman–Crippen LogP) is 17.6. The first-order valence-electron chi connectivity index (χ1n) is 21.1. The van der Waals surface area contributed by atoms with Crippen LogP contribution < -0.4 is 0 Å². The zero-order chi connectivity index (χ0) is 40.0. The van der Waals surface area contributed by atoms with Crippen molar-refractivity contribution in [3.63, 3.8) is 0 Å². The van der Waals surface area contributed by atoms with E-state index in [9.17, 15) is 0 Å². The van der Waals surface area contributed by atoms with Crippen LogP contribution in [0.15, 0.2) is 218 Å². The third kappa shape index (κ3) is 5.18. The highest BCUT2D eigenvalue weighted by Crippen LogP contribution is 2.49. The van der Waals surface area contributed by atoms with E-state index in [1.165, 1.54) is 129 Å². The average Bonchev–Trinajstić information content (AvgIpc) is 3.69. The molecule has 0 amide bonds. The Hall–Kier alpha value is -7.58. The molecule has 61 heavy (non-hydrogen) atoms.